The van der Waals surface area contributed by atoms with Crippen molar-refractivity contribution in [3.63, 3.8) is 0 Å². The maximum atomic E-state index is 12.5. The van der Waals surface area contributed by atoms with Crippen molar-refractivity contribution >= 4 is 6.09 Å². The molecule has 0 saturated carbocycles. The standard InChI is InChI=1S/C19H23NO5/c21-17(18(22)23)12-7-13-20(14-15-8-3-1-4-9-15)19(24)25-16-10-5-2-6-11-16/h1-6,8-11,17-18,21-23H,7,12-14H2. The Morgan fingerprint density at radius 2 is 1.56 bits per heavy atom. The number of benzene rings is 2. The Bertz CT molecular complexity index is 633. The normalized spacial score (nSPS) is 12.0. The van der Waals surface area contributed by atoms with E-state index in [4.69, 9.17) is 14.9 Å². The van der Waals surface area contributed by atoms with Crippen LogP contribution in [0.4, 0.5) is 4.79 Å². The van der Waals surface area contributed by atoms with Crippen molar-refractivity contribution in [2.45, 2.75) is 31.8 Å². The van der Waals surface area contributed by atoms with Crippen LogP contribution in [0.25, 0.3) is 0 Å². The van der Waals surface area contributed by atoms with E-state index in [-0.39, 0.29) is 6.42 Å². The van der Waals surface area contributed by atoms with Crippen molar-refractivity contribution in [2.24, 2.45) is 0 Å². The first-order valence-electron chi connectivity index (χ1n) is 8.16. The highest BCUT2D eigenvalue weighted by Gasteiger charge is 2.18. The predicted octanol–water partition coefficient (Wildman–Crippen LogP) is 2.14. The number of nitrogens with zero attached hydrogens (tertiary/aromatic N) is 1. The number of para-hydroxylation sites is 1. The molecule has 1 amide bonds. The molecule has 0 fully saturated rings. The second kappa shape index (κ2) is 9.78. The molecule has 3 N–H and O–H groups in total. The topological polar surface area (TPSA) is 90.2 Å². The summed E-state index contributed by atoms with van der Waals surface area (Å²) in [5.74, 6) is 0.455. The van der Waals surface area contributed by atoms with Gasteiger partial charge in [-0.15, -0.1) is 0 Å². The Labute approximate surface area is 146 Å². The van der Waals surface area contributed by atoms with Gasteiger partial charge in [-0.25, -0.2) is 4.79 Å². The van der Waals surface area contributed by atoms with E-state index in [1.54, 1.807) is 24.3 Å². The summed E-state index contributed by atoms with van der Waals surface area (Å²) in [5.41, 5.74) is 0.954. The Balaban J connectivity index is 1.99. The van der Waals surface area contributed by atoms with Crippen LogP contribution in [0, 0.1) is 0 Å². The molecule has 0 aromatic heterocycles. The molecule has 0 radical (unpaired) electrons. The number of hydrogen-bond acceptors (Lipinski definition) is 5. The van der Waals surface area contributed by atoms with E-state index in [2.05, 4.69) is 0 Å². The van der Waals surface area contributed by atoms with E-state index in [0.717, 1.165) is 5.56 Å². The molecule has 0 aliphatic rings. The Morgan fingerprint density at radius 1 is 0.960 bits per heavy atom. The summed E-state index contributed by atoms with van der Waals surface area (Å²) in [6.07, 6.45) is -2.92. The SMILES string of the molecule is O=C(Oc1ccccc1)N(CCCC(O)C(O)O)Cc1ccccc1. The van der Waals surface area contributed by atoms with Crippen molar-refractivity contribution in [1.82, 2.24) is 4.90 Å². The summed E-state index contributed by atoms with van der Waals surface area (Å²) in [6.45, 7) is 0.689. The maximum absolute atomic E-state index is 12.5. The Hall–Kier alpha value is -2.41. The van der Waals surface area contributed by atoms with Crippen LogP contribution in [-0.2, 0) is 6.54 Å². The van der Waals surface area contributed by atoms with Gasteiger partial charge in [-0.3, -0.25) is 0 Å². The first-order chi connectivity index (χ1) is 12.1. The van der Waals surface area contributed by atoms with Gasteiger partial charge in [0.15, 0.2) is 6.29 Å². The lowest BCUT2D eigenvalue weighted by Gasteiger charge is -2.23. The van der Waals surface area contributed by atoms with Gasteiger partial charge in [0.1, 0.15) is 11.9 Å². The highest BCUT2D eigenvalue weighted by Crippen LogP contribution is 2.13. The highest BCUT2D eigenvalue weighted by atomic mass is 16.6. The van der Waals surface area contributed by atoms with Crippen LogP contribution in [0.3, 0.4) is 0 Å². The van der Waals surface area contributed by atoms with E-state index in [1.807, 2.05) is 36.4 Å². The van der Waals surface area contributed by atoms with Crippen molar-refractivity contribution in [3.05, 3.63) is 66.2 Å². The van der Waals surface area contributed by atoms with Crippen LogP contribution in [-0.4, -0.2) is 45.3 Å². The number of hydrogen-bond donors (Lipinski definition) is 3. The summed E-state index contributed by atoms with van der Waals surface area (Å²) in [5, 5.41) is 27.3. The average Bonchev–Trinajstić information content (AvgIpc) is 2.62. The summed E-state index contributed by atoms with van der Waals surface area (Å²) in [7, 11) is 0. The van der Waals surface area contributed by atoms with E-state index >= 15 is 0 Å². The fourth-order valence-corrected chi connectivity index (χ4v) is 2.33. The lowest BCUT2D eigenvalue weighted by atomic mass is 10.1. The molecule has 6 nitrogen and oxygen atoms in total. The molecule has 0 aliphatic heterocycles. The van der Waals surface area contributed by atoms with Gasteiger partial charge in [0.05, 0.1) is 0 Å². The Morgan fingerprint density at radius 3 is 2.16 bits per heavy atom. The van der Waals surface area contributed by atoms with E-state index in [0.29, 0.717) is 25.3 Å². The van der Waals surface area contributed by atoms with Gasteiger partial charge < -0.3 is 25.0 Å². The van der Waals surface area contributed by atoms with Crippen molar-refractivity contribution < 1.29 is 24.9 Å². The van der Waals surface area contributed by atoms with Crippen molar-refractivity contribution in [1.29, 1.82) is 0 Å². The zero-order chi connectivity index (χ0) is 18.1. The largest absolute Gasteiger partial charge is 0.415 e. The smallest absolute Gasteiger partial charge is 0.410 e. The lowest BCUT2D eigenvalue weighted by Crippen LogP contribution is -2.35. The number of aliphatic hydroxyl groups excluding tert-OH is 2. The maximum Gasteiger partial charge on any atom is 0.415 e. The average molecular weight is 345 g/mol. The zero-order valence-electron chi connectivity index (χ0n) is 13.9. The number of aliphatic hydroxyl groups is 3. The number of ether oxygens (including phenoxy) is 1. The first-order valence-corrected chi connectivity index (χ1v) is 8.16. The number of rotatable bonds is 8. The van der Waals surface area contributed by atoms with Crippen molar-refractivity contribution in [3.8, 4) is 5.75 Å². The molecule has 0 saturated heterocycles. The number of carbonyl (C=O) groups is 1. The summed E-state index contributed by atoms with van der Waals surface area (Å²) in [6, 6.07) is 18.3. The summed E-state index contributed by atoms with van der Waals surface area (Å²) >= 11 is 0. The second-order valence-electron chi connectivity index (χ2n) is 5.71. The summed E-state index contributed by atoms with van der Waals surface area (Å²) < 4.78 is 5.38. The van der Waals surface area contributed by atoms with Crippen molar-refractivity contribution in [2.75, 3.05) is 6.54 Å². The minimum Gasteiger partial charge on any atom is -0.410 e. The van der Waals surface area contributed by atoms with E-state index < -0.39 is 18.5 Å². The van der Waals surface area contributed by atoms with Gasteiger partial charge in [-0.2, -0.15) is 0 Å². The lowest BCUT2D eigenvalue weighted by molar-refractivity contribution is -0.124. The summed E-state index contributed by atoms with van der Waals surface area (Å²) in [4.78, 5) is 14.0. The van der Waals surface area contributed by atoms with Crippen LogP contribution < -0.4 is 4.74 Å². The minimum absolute atomic E-state index is 0.168. The molecule has 6 heteroatoms. The fourth-order valence-electron chi connectivity index (χ4n) is 2.33. The van der Waals surface area contributed by atoms with Gasteiger partial charge in [-0.1, -0.05) is 48.5 Å². The monoisotopic (exact) mass is 345 g/mol. The number of carbonyl (C=O) groups excluding carboxylic acids is 1. The molecule has 0 heterocycles. The van der Waals surface area contributed by atoms with Gasteiger partial charge in [0.25, 0.3) is 0 Å². The third-order valence-corrected chi connectivity index (χ3v) is 3.69. The van der Waals surface area contributed by atoms with E-state index in [9.17, 15) is 9.90 Å². The first kappa shape index (κ1) is 18.9. The second-order valence-corrected chi connectivity index (χ2v) is 5.71. The number of amides is 1. The molecule has 0 spiro atoms. The third kappa shape index (κ3) is 6.54. The van der Waals surface area contributed by atoms with Gasteiger partial charge in [0, 0.05) is 13.1 Å². The zero-order valence-corrected chi connectivity index (χ0v) is 13.9. The molecule has 0 bridgehead atoms. The Kier molecular flexibility index (Phi) is 7.40. The molecular formula is C19H23NO5. The van der Waals surface area contributed by atoms with Gasteiger partial charge in [-0.05, 0) is 30.5 Å². The van der Waals surface area contributed by atoms with Crippen LogP contribution in [0.1, 0.15) is 18.4 Å². The minimum atomic E-state index is -1.78. The van der Waals surface area contributed by atoms with Gasteiger partial charge >= 0.3 is 6.09 Å². The molecule has 134 valence electrons. The molecule has 2 rings (SSSR count). The quantitative estimate of drug-likeness (QED) is 0.638. The van der Waals surface area contributed by atoms with Crippen LogP contribution in [0.5, 0.6) is 5.75 Å². The molecule has 2 aromatic carbocycles. The molecule has 1 atom stereocenters. The van der Waals surface area contributed by atoms with Gasteiger partial charge in [0.2, 0.25) is 0 Å². The van der Waals surface area contributed by atoms with E-state index in [1.165, 1.54) is 4.90 Å². The molecule has 2 aromatic rings. The molecule has 0 aliphatic carbocycles. The third-order valence-electron chi connectivity index (χ3n) is 3.69. The van der Waals surface area contributed by atoms with Crippen LogP contribution in [0.15, 0.2) is 60.7 Å². The fraction of sp³-hybridized carbons (Fsp3) is 0.316. The molecule has 1 unspecified atom stereocenters. The van der Waals surface area contributed by atoms with Crippen LogP contribution >= 0.6 is 0 Å². The molecular weight excluding hydrogens is 322 g/mol. The van der Waals surface area contributed by atoms with Crippen LogP contribution in [0.2, 0.25) is 0 Å². The molecule has 25 heavy (non-hydrogen) atoms. The highest BCUT2D eigenvalue weighted by molar-refractivity contribution is 5.70. The predicted molar refractivity (Wildman–Crippen MR) is 92.8 cm³/mol.